The standard InChI is InChI=1S/C27H38FN5O3SSi/c1-7-17-32-26(35)24-25(31-23(37-6)18-29-24)33(32)22-15-11-14-21(30-22)27(5,16-12-13-20(28)19-34)36-38(8-2,9-3)10-4/h7,11,13-15,18,34H,1,8-10,12,16-17,19H2,2-6H3/b20-13+/t27-/m1/s1. The minimum Gasteiger partial charge on any atom is -0.406 e. The summed E-state index contributed by atoms with van der Waals surface area (Å²) in [6.45, 7) is 11.9. The Morgan fingerprint density at radius 2 is 1.97 bits per heavy atom. The highest BCUT2D eigenvalue weighted by molar-refractivity contribution is 7.98. The topological polar surface area (TPSA) is 95.1 Å². The molecule has 38 heavy (non-hydrogen) atoms. The third-order valence-electron chi connectivity index (χ3n) is 7.13. The lowest BCUT2D eigenvalue weighted by Crippen LogP contribution is -2.44. The average Bonchev–Trinajstić information content (AvgIpc) is 3.22. The van der Waals surface area contributed by atoms with Gasteiger partial charge in [-0.05, 0) is 56.3 Å². The van der Waals surface area contributed by atoms with E-state index in [1.165, 1.54) is 22.5 Å². The molecule has 0 bridgehead atoms. The Bertz CT molecular complexity index is 1350. The number of aliphatic hydroxyl groups excluding tert-OH is 1. The third-order valence-corrected chi connectivity index (χ3v) is 12.5. The molecule has 3 aromatic heterocycles. The number of halogens is 1. The Labute approximate surface area is 228 Å². The average molecular weight is 560 g/mol. The van der Waals surface area contributed by atoms with Crippen LogP contribution in [0.5, 0.6) is 0 Å². The number of pyridine rings is 1. The lowest BCUT2D eigenvalue weighted by Gasteiger charge is -2.40. The van der Waals surface area contributed by atoms with Crippen molar-refractivity contribution >= 4 is 31.2 Å². The van der Waals surface area contributed by atoms with Crippen molar-refractivity contribution < 1.29 is 13.9 Å². The quantitative estimate of drug-likeness (QED) is 0.153. The Morgan fingerprint density at radius 1 is 1.26 bits per heavy atom. The van der Waals surface area contributed by atoms with Gasteiger partial charge in [0.15, 0.2) is 25.3 Å². The maximum absolute atomic E-state index is 13.8. The Balaban J connectivity index is 2.21. The molecule has 0 unspecified atom stereocenters. The number of hydrogen-bond donors (Lipinski definition) is 1. The zero-order chi connectivity index (χ0) is 27.9. The summed E-state index contributed by atoms with van der Waals surface area (Å²) < 4.78 is 24.0. The van der Waals surface area contributed by atoms with E-state index in [2.05, 4.69) is 37.3 Å². The minimum atomic E-state index is -2.10. The van der Waals surface area contributed by atoms with E-state index < -0.39 is 26.4 Å². The molecule has 3 rings (SSSR count). The van der Waals surface area contributed by atoms with Crippen molar-refractivity contribution in [2.45, 2.75) is 75.8 Å². The van der Waals surface area contributed by atoms with Crippen molar-refractivity contribution in [3.8, 4) is 5.82 Å². The predicted octanol–water partition coefficient (Wildman–Crippen LogP) is 5.75. The summed E-state index contributed by atoms with van der Waals surface area (Å²) in [6, 6.07) is 8.47. The van der Waals surface area contributed by atoms with Gasteiger partial charge in [0.05, 0.1) is 30.6 Å². The summed E-state index contributed by atoms with van der Waals surface area (Å²) in [5.41, 5.74) is 0.288. The first-order chi connectivity index (χ1) is 18.2. The fraction of sp³-hybridized carbons (Fsp3) is 0.481. The lowest BCUT2D eigenvalue weighted by molar-refractivity contribution is 0.0597. The van der Waals surface area contributed by atoms with Gasteiger partial charge in [-0.15, -0.1) is 18.3 Å². The molecule has 3 heterocycles. The summed E-state index contributed by atoms with van der Waals surface area (Å²) >= 11 is 1.44. The number of aliphatic hydroxyl groups is 1. The fourth-order valence-electron chi connectivity index (χ4n) is 4.69. The summed E-state index contributed by atoms with van der Waals surface area (Å²) in [4.78, 5) is 27.3. The maximum Gasteiger partial charge on any atom is 0.295 e. The zero-order valence-electron chi connectivity index (χ0n) is 22.9. The van der Waals surface area contributed by atoms with E-state index in [1.807, 2.05) is 31.4 Å². The number of hydrogen-bond acceptors (Lipinski definition) is 7. The largest absolute Gasteiger partial charge is 0.406 e. The molecule has 0 aliphatic rings. The predicted molar refractivity (Wildman–Crippen MR) is 154 cm³/mol. The lowest BCUT2D eigenvalue weighted by atomic mass is 9.95. The van der Waals surface area contributed by atoms with Crippen molar-refractivity contribution in [3.63, 3.8) is 0 Å². The molecule has 8 nitrogen and oxygen atoms in total. The van der Waals surface area contributed by atoms with E-state index in [1.54, 1.807) is 17.0 Å². The molecule has 3 aromatic rings. The highest BCUT2D eigenvalue weighted by Gasteiger charge is 2.40. The molecule has 0 saturated carbocycles. The number of fused-ring (bicyclic) bond motifs is 1. The zero-order valence-corrected chi connectivity index (χ0v) is 24.7. The van der Waals surface area contributed by atoms with Crippen LogP contribution >= 0.6 is 11.8 Å². The van der Waals surface area contributed by atoms with Crippen LogP contribution in [0.2, 0.25) is 18.1 Å². The highest BCUT2D eigenvalue weighted by atomic mass is 32.2. The molecule has 0 aliphatic heterocycles. The van der Waals surface area contributed by atoms with E-state index in [9.17, 15) is 9.18 Å². The highest BCUT2D eigenvalue weighted by Crippen LogP contribution is 2.37. The van der Waals surface area contributed by atoms with Crippen molar-refractivity contribution in [2.24, 2.45) is 0 Å². The van der Waals surface area contributed by atoms with Gasteiger partial charge in [0.25, 0.3) is 5.56 Å². The van der Waals surface area contributed by atoms with Crippen molar-refractivity contribution in [2.75, 3.05) is 12.9 Å². The van der Waals surface area contributed by atoms with Gasteiger partial charge in [-0.3, -0.25) is 4.79 Å². The number of nitrogens with zero attached hydrogens (tertiary/aromatic N) is 5. The summed E-state index contributed by atoms with van der Waals surface area (Å²) in [5, 5.41) is 9.80. The van der Waals surface area contributed by atoms with Crippen LogP contribution in [0.1, 0.15) is 46.2 Å². The molecule has 0 spiro atoms. The molecule has 0 fully saturated rings. The first-order valence-corrected chi connectivity index (χ1v) is 16.7. The van der Waals surface area contributed by atoms with Gasteiger partial charge in [-0.2, -0.15) is 0 Å². The van der Waals surface area contributed by atoms with Crippen LogP contribution in [0.3, 0.4) is 0 Å². The SMILES string of the molecule is C=CCn1c(=O)c2ncc(SC)nc2n1-c1cccc([C@@](C)(CC/C=C(/F)CO)O[Si](CC)(CC)CC)n1. The molecular formula is C27H38FN5O3SSi. The molecule has 11 heteroatoms. The van der Waals surface area contributed by atoms with Crippen LogP contribution in [0.15, 0.2) is 58.8 Å². The maximum atomic E-state index is 13.8. The van der Waals surface area contributed by atoms with E-state index in [4.69, 9.17) is 14.5 Å². The molecule has 0 saturated heterocycles. The molecule has 0 aromatic carbocycles. The molecule has 0 amide bonds. The monoisotopic (exact) mass is 559 g/mol. The molecule has 0 radical (unpaired) electrons. The van der Waals surface area contributed by atoms with Gasteiger partial charge in [0.2, 0.25) is 0 Å². The second-order valence-corrected chi connectivity index (χ2v) is 14.9. The number of rotatable bonds is 14. The van der Waals surface area contributed by atoms with Gasteiger partial charge in [-0.1, -0.05) is 39.0 Å². The fourth-order valence-corrected chi connectivity index (χ4v) is 8.12. The smallest absolute Gasteiger partial charge is 0.295 e. The van der Waals surface area contributed by atoms with Crippen LogP contribution in [0.25, 0.3) is 17.0 Å². The summed E-state index contributed by atoms with van der Waals surface area (Å²) in [7, 11) is -2.10. The van der Waals surface area contributed by atoms with Crippen LogP contribution in [-0.4, -0.2) is 50.6 Å². The molecule has 206 valence electrons. The van der Waals surface area contributed by atoms with Crippen molar-refractivity contribution in [3.05, 3.63) is 65.0 Å². The first-order valence-electron chi connectivity index (χ1n) is 13.0. The second kappa shape index (κ2) is 13.0. The van der Waals surface area contributed by atoms with E-state index in [-0.39, 0.29) is 17.6 Å². The summed E-state index contributed by atoms with van der Waals surface area (Å²) in [6.07, 6.45) is 7.41. The van der Waals surface area contributed by atoms with Crippen LogP contribution in [-0.2, 0) is 16.6 Å². The van der Waals surface area contributed by atoms with Crippen molar-refractivity contribution in [1.29, 1.82) is 0 Å². The molecule has 0 aliphatic carbocycles. The van der Waals surface area contributed by atoms with Crippen LogP contribution in [0.4, 0.5) is 4.39 Å². The summed E-state index contributed by atoms with van der Waals surface area (Å²) in [5.74, 6) is -0.0536. The first kappa shape index (κ1) is 29.9. The van der Waals surface area contributed by atoms with Crippen LogP contribution < -0.4 is 5.56 Å². The molecule has 1 atom stereocenters. The van der Waals surface area contributed by atoms with Gasteiger partial charge in [0.1, 0.15) is 10.9 Å². The van der Waals surface area contributed by atoms with Gasteiger partial charge in [0, 0.05) is 0 Å². The number of thioether (sulfide) groups is 1. The minimum absolute atomic E-state index is 0.258. The Morgan fingerprint density at radius 3 is 2.58 bits per heavy atom. The normalized spacial score (nSPS) is 14.1. The Hall–Kier alpha value is -2.60. The third kappa shape index (κ3) is 6.17. The number of aromatic nitrogens is 5. The molecule has 1 N–H and O–H groups in total. The Kier molecular flexibility index (Phi) is 10.2. The van der Waals surface area contributed by atoms with Gasteiger partial charge in [-0.25, -0.2) is 28.7 Å². The van der Waals surface area contributed by atoms with Crippen molar-refractivity contribution in [1.82, 2.24) is 24.3 Å². The van der Waals surface area contributed by atoms with E-state index in [0.717, 1.165) is 18.1 Å². The van der Waals surface area contributed by atoms with E-state index >= 15 is 0 Å². The second-order valence-electron chi connectivity index (χ2n) is 9.38. The number of allylic oxidation sites excluding steroid dienone is 2. The van der Waals surface area contributed by atoms with Gasteiger partial charge >= 0.3 is 0 Å². The van der Waals surface area contributed by atoms with E-state index in [0.29, 0.717) is 35.0 Å². The van der Waals surface area contributed by atoms with Gasteiger partial charge < -0.3 is 9.53 Å². The van der Waals surface area contributed by atoms with Crippen LogP contribution in [0, 0.1) is 0 Å². The molecular weight excluding hydrogens is 521 g/mol.